The molecule has 0 saturated carbocycles. The molecule has 0 fully saturated rings. The number of rotatable bonds is 5. The summed E-state index contributed by atoms with van der Waals surface area (Å²) < 4.78 is 15.6. The average Bonchev–Trinajstić information content (AvgIpc) is 3.11. The molecule has 3 aromatic rings. The summed E-state index contributed by atoms with van der Waals surface area (Å²) in [5.74, 6) is 1.58. The summed E-state index contributed by atoms with van der Waals surface area (Å²) >= 11 is 5.81. The normalized spacial score (nSPS) is 10.5. The number of nitro groups is 1. The molecule has 0 atom stereocenters. The van der Waals surface area contributed by atoms with E-state index in [1.165, 1.54) is 26.4 Å². The summed E-state index contributed by atoms with van der Waals surface area (Å²) in [5, 5.41) is 14.9. The Labute approximate surface area is 147 Å². The number of benzene rings is 2. The summed E-state index contributed by atoms with van der Waals surface area (Å²) in [6, 6.07) is 9.42. The van der Waals surface area contributed by atoms with E-state index in [1.54, 1.807) is 24.3 Å². The molecule has 3 rings (SSSR count). The number of nitrogens with zero attached hydrogens (tertiary/aromatic N) is 3. The van der Waals surface area contributed by atoms with Crippen LogP contribution in [0.25, 0.3) is 22.8 Å². The molecule has 0 unspecified atom stereocenters. The Morgan fingerprint density at radius 3 is 2.36 bits per heavy atom. The van der Waals surface area contributed by atoms with Crippen LogP contribution in [-0.2, 0) is 0 Å². The van der Waals surface area contributed by atoms with Gasteiger partial charge in [-0.05, 0) is 24.3 Å². The van der Waals surface area contributed by atoms with E-state index >= 15 is 0 Å². The minimum absolute atomic E-state index is 0.0334. The van der Waals surface area contributed by atoms with E-state index in [0.717, 1.165) is 0 Å². The highest BCUT2D eigenvalue weighted by Gasteiger charge is 2.18. The molecule has 0 spiro atoms. The van der Waals surface area contributed by atoms with Gasteiger partial charge in [-0.15, -0.1) is 0 Å². The molecule has 0 aliphatic heterocycles. The Hall–Kier alpha value is -3.13. The lowest BCUT2D eigenvalue weighted by atomic mass is 10.2. The zero-order valence-corrected chi connectivity index (χ0v) is 14.0. The van der Waals surface area contributed by atoms with Crippen molar-refractivity contribution in [3.8, 4) is 34.3 Å². The van der Waals surface area contributed by atoms with Gasteiger partial charge in [0.05, 0.1) is 19.1 Å². The fraction of sp³-hybridized carbons (Fsp3) is 0.125. The first kappa shape index (κ1) is 16.7. The van der Waals surface area contributed by atoms with Gasteiger partial charge in [0.15, 0.2) is 0 Å². The topological polar surface area (TPSA) is 101 Å². The maximum Gasteiger partial charge on any atom is 0.288 e. The minimum atomic E-state index is -0.573. The summed E-state index contributed by atoms with van der Waals surface area (Å²) in [6.45, 7) is 0. The second-order valence-corrected chi connectivity index (χ2v) is 5.35. The third-order valence-electron chi connectivity index (χ3n) is 3.43. The Balaban J connectivity index is 2.01. The van der Waals surface area contributed by atoms with Crippen LogP contribution in [0, 0.1) is 10.1 Å². The maximum absolute atomic E-state index is 11.0. The molecule has 2 aromatic carbocycles. The molecule has 0 amide bonds. The monoisotopic (exact) mass is 361 g/mol. The molecule has 8 nitrogen and oxygen atoms in total. The van der Waals surface area contributed by atoms with E-state index in [9.17, 15) is 10.1 Å². The third kappa shape index (κ3) is 3.38. The van der Waals surface area contributed by atoms with E-state index in [0.29, 0.717) is 28.5 Å². The molecular formula is C16H12ClN3O5. The number of halogens is 1. The average molecular weight is 362 g/mol. The number of aromatic nitrogens is 2. The highest BCUT2D eigenvalue weighted by Crippen LogP contribution is 2.32. The van der Waals surface area contributed by atoms with Gasteiger partial charge in [0.25, 0.3) is 11.6 Å². The molecule has 128 valence electrons. The fourth-order valence-electron chi connectivity index (χ4n) is 2.18. The van der Waals surface area contributed by atoms with Crippen LogP contribution in [0.4, 0.5) is 5.69 Å². The van der Waals surface area contributed by atoms with Crippen molar-refractivity contribution < 1.29 is 18.9 Å². The highest BCUT2D eigenvalue weighted by atomic mass is 35.5. The van der Waals surface area contributed by atoms with Crippen molar-refractivity contribution in [2.24, 2.45) is 0 Å². The second-order valence-electron chi connectivity index (χ2n) is 4.95. The Bertz CT molecular complexity index is 919. The fourth-order valence-corrected chi connectivity index (χ4v) is 2.37. The number of hydrogen-bond acceptors (Lipinski definition) is 7. The van der Waals surface area contributed by atoms with E-state index in [1.807, 2.05) is 0 Å². The van der Waals surface area contributed by atoms with Crippen LogP contribution in [0.1, 0.15) is 0 Å². The van der Waals surface area contributed by atoms with Crippen molar-refractivity contribution in [2.75, 3.05) is 14.2 Å². The van der Waals surface area contributed by atoms with Crippen molar-refractivity contribution in [1.82, 2.24) is 10.1 Å². The first-order valence-corrected chi connectivity index (χ1v) is 7.41. The molecule has 0 aliphatic carbocycles. The van der Waals surface area contributed by atoms with Gasteiger partial charge in [-0.2, -0.15) is 4.98 Å². The zero-order valence-electron chi connectivity index (χ0n) is 13.2. The van der Waals surface area contributed by atoms with Gasteiger partial charge in [-0.25, -0.2) is 0 Å². The molecule has 0 aliphatic rings. The Morgan fingerprint density at radius 2 is 1.76 bits per heavy atom. The Kier molecular flexibility index (Phi) is 4.53. The minimum Gasteiger partial charge on any atom is -0.497 e. The van der Waals surface area contributed by atoms with Gasteiger partial charge in [0.1, 0.15) is 16.5 Å². The van der Waals surface area contributed by atoms with Crippen molar-refractivity contribution in [1.29, 1.82) is 0 Å². The Morgan fingerprint density at radius 1 is 1.08 bits per heavy atom. The second kappa shape index (κ2) is 6.78. The van der Waals surface area contributed by atoms with Gasteiger partial charge in [0, 0.05) is 23.3 Å². The molecule has 0 bridgehead atoms. The van der Waals surface area contributed by atoms with Gasteiger partial charge < -0.3 is 14.0 Å². The molecule has 0 radical (unpaired) electrons. The zero-order chi connectivity index (χ0) is 18.0. The summed E-state index contributed by atoms with van der Waals surface area (Å²) in [6.07, 6.45) is 0. The molecular weight excluding hydrogens is 350 g/mol. The number of hydrogen-bond donors (Lipinski definition) is 0. The van der Waals surface area contributed by atoms with E-state index < -0.39 is 4.92 Å². The lowest BCUT2D eigenvalue weighted by molar-refractivity contribution is -0.384. The lowest BCUT2D eigenvalue weighted by Gasteiger charge is -2.05. The van der Waals surface area contributed by atoms with E-state index in [4.69, 9.17) is 25.6 Å². The van der Waals surface area contributed by atoms with Gasteiger partial charge in [-0.3, -0.25) is 10.1 Å². The van der Waals surface area contributed by atoms with E-state index in [-0.39, 0.29) is 16.6 Å². The van der Waals surface area contributed by atoms with Crippen LogP contribution in [0.3, 0.4) is 0 Å². The standard InChI is InChI=1S/C16H12ClN3O5/c1-23-11-5-10(6-12(8-11)24-2)15-18-16(25-19-15)9-3-4-13(17)14(7-9)20(21)22/h3-8H,1-2H3. The first-order chi connectivity index (χ1) is 12.0. The predicted octanol–water partition coefficient (Wildman–Crippen LogP) is 3.98. The highest BCUT2D eigenvalue weighted by molar-refractivity contribution is 6.32. The van der Waals surface area contributed by atoms with Crippen molar-refractivity contribution in [3.05, 3.63) is 51.5 Å². The molecule has 9 heteroatoms. The maximum atomic E-state index is 11.0. The van der Waals surface area contributed by atoms with Crippen LogP contribution in [0.2, 0.25) is 5.02 Å². The number of ether oxygens (including phenoxy) is 2. The van der Waals surface area contributed by atoms with Gasteiger partial charge in [-0.1, -0.05) is 16.8 Å². The van der Waals surface area contributed by atoms with Crippen LogP contribution in [0.15, 0.2) is 40.9 Å². The molecule has 0 N–H and O–H groups in total. The number of methoxy groups -OCH3 is 2. The largest absolute Gasteiger partial charge is 0.497 e. The van der Waals surface area contributed by atoms with E-state index in [2.05, 4.69) is 10.1 Å². The smallest absolute Gasteiger partial charge is 0.288 e. The molecule has 1 aromatic heterocycles. The molecule has 25 heavy (non-hydrogen) atoms. The summed E-state index contributed by atoms with van der Waals surface area (Å²) in [7, 11) is 3.07. The summed E-state index contributed by atoms with van der Waals surface area (Å²) in [5.41, 5.74) is 0.779. The van der Waals surface area contributed by atoms with Crippen LogP contribution in [-0.4, -0.2) is 29.3 Å². The van der Waals surface area contributed by atoms with Crippen LogP contribution >= 0.6 is 11.6 Å². The predicted molar refractivity (Wildman–Crippen MR) is 89.9 cm³/mol. The SMILES string of the molecule is COc1cc(OC)cc(-c2noc(-c3ccc(Cl)c([N+](=O)[O-])c3)n2)c1. The van der Waals surface area contributed by atoms with Gasteiger partial charge >= 0.3 is 0 Å². The number of nitro benzene ring substituents is 1. The molecule has 0 saturated heterocycles. The van der Waals surface area contributed by atoms with Crippen LogP contribution < -0.4 is 9.47 Å². The lowest BCUT2D eigenvalue weighted by Crippen LogP contribution is -1.91. The molecule has 1 heterocycles. The van der Waals surface area contributed by atoms with Crippen molar-refractivity contribution in [2.45, 2.75) is 0 Å². The quantitative estimate of drug-likeness (QED) is 0.500. The summed E-state index contributed by atoms with van der Waals surface area (Å²) in [4.78, 5) is 14.7. The first-order valence-electron chi connectivity index (χ1n) is 7.03. The van der Waals surface area contributed by atoms with Gasteiger partial charge in [0.2, 0.25) is 5.82 Å². The van der Waals surface area contributed by atoms with Crippen molar-refractivity contribution in [3.63, 3.8) is 0 Å². The third-order valence-corrected chi connectivity index (χ3v) is 3.75. The van der Waals surface area contributed by atoms with Crippen LogP contribution in [0.5, 0.6) is 11.5 Å². The van der Waals surface area contributed by atoms with Crippen molar-refractivity contribution >= 4 is 17.3 Å².